The van der Waals surface area contributed by atoms with E-state index in [2.05, 4.69) is 20.6 Å². The SMILES string of the molecule is Cc1nc(CN2CCC(C(=O)NC(c3cccc(C(F)(F)F)c3)C(C)C)CC2)cs1. The predicted octanol–water partition coefficient (Wildman–Crippen LogP) is 5.20. The molecule has 2 aromatic rings. The number of aryl methyl sites for hydroxylation is 1. The first-order valence-corrected chi connectivity index (χ1v) is 11.1. The summed E-state index contributed by atoms with van der Waals surface area (Å²) in [5.74, 6) is -0.217. The number of rotatable bonds is 6. The van der Waals surface area contributed by atoms with Crippen LogP contribution in [0.3, 0.4) is 0 Å². The van der Waals surface area contributed by atoms with Crippen LogP contribution in [0.1, 0.15) is 54.6 Å². The summed E-state index contributed by atoms with van der Waals surface area (Å²) in [6.45, 7) is 8.21. The van der Waals surface area contributed by atoms with Gasteiger partial charge in [-0.1, -0.05) is 26.0 Å². The molecule has 0 aliphatic carbocycles. The van der Waals surface area contributed by atoms with Crippen LogP contribution < -0.4 is 5.32 Å². The van der Waals surface area contributed by atoms with Crippen LogP contribution in [-0.2, 0) is 17.5 Å². The molecule has 1 fully saturated rings. The van der Waals surface area contributed by atoms with Crippen LogP contribution in [-0.4, -0.2) is 28.9 Å². The zero-order valence-corrected chi connectivity index (χ0v) is 18.3. The van der Waals surface area contributed by atoms with Crippen LogP contribution >= 0.6 is 11.3 Å². The molecule has 164 valence electrons. The molecule has 30 heavy (non-hydrogen) atoms. The lowest BCUT2D eigenvalue weighted by molar-refractivity contribution is -0.137. The van der Waals surface area contributed by atoms with E-state index in [9.17, 15) is 18.0 Å². The summed E-state index contributed by atoms with van der Waals surface area (Å²) >= 11 is 1.64. The fourth-order valence-electron chi connectivity index (χ4n) is 3.88. The number of thiazole rings is 1. The zero-order chi connectivity index (χ0) is 21.9. The van der Waals surface area contributed by atoms with Crippen LogP contribution in [0, 0.1) is 18.8 Å². The van der Waals surface area contributed by atoms with Crippen LogP contribution in [0.2, 0.25) is 0 Å². The maximum atomic E-state index is 13.1. The quantitative estimate of drug-likeness (QED) is 0.673. The van der Waals surface area contributed by atoms with Gasteiger partial charge in [0.15, 0.2) is 0 Å². The highest BCUT2D eigenvalue weighted by molar-refractivity contribution is 7.09. The number of aromatic nitrogens is 1. The van der Waals surface area contributed by atoms with Crippen LogP contribution in [0.5, 0.6) is 0 Å². The van der Waals surface area contributed by atoms with Gasteiger partial charge in [-0.3, -0.25) is 9.69 Å². The van der Waals surface area contributed by atoms with E-state index in [1.54, 1.807) is 17.4 Å². The van der Waals surface area contributed by atoms with Crippen molar-refractivity contribution < 1.29 is 18.0 Å². The lowest BCUT2D eigenvalue weighted by atomic mass is 9.91. The molecule has 0 radical (unpaired) electrons. The predicted molar refractivity (Wildman–Crippen MR) is 112 cm³/mol. The number of carbonyl (C=O) groups excluding carboxylic acids is 1. The van der Waals surface area contributed by atoms with Crippen molar-refractivity contribution in [1.82, 2.24) is 15.2 Å². The molecular formula is C22H28F3N3OS. The number of alkyl halides is 3. The highest BCUT2D eigenvalue weighted by Gasteiger charge is 2.32. The van der Waals surface area contributed by atoms with E-state index in [1.807, 2.05) is 20.8 Å². The molecule has 1 aromatic carbocycles. The van der Waals surface area contributed by atoms with Gasteiger partial charge >= 0.3 is 6.18 Å². The number of halogens is 3. The number of benzene rings is 1. The number of nitrogens with one attached hydrogen (secondary N) is 1. The molecule has 8 heteroatoms. The van der Waals surface area contributed by atoms with Gasteiger partial charge in [0.05, 0.1) is 22.3 Å². The van der Waals surface area contributed by atoms with Crippen molar-refractivity contribution in [3.05, 3.63) is 51.5 Å². The summed E-state index contributed by atoms with van der Waals surface area (Å²) in [5.41, 5.74) is 0.861. The second-order valence-corrected chi connectivity index (χ2v) is 9.32. The second-order valence-electron chi connectivity index (χ2n) is 8.26. The molecule has 1 aliphatic rings. The third-order valence-corrected chi connectivity index (χ3v) is 6.37. The summed E-state index contributed by atoms with van der Waals surface area (Å²) in [7, 11) is 0. The topological polar surface area (TPSA) is 45.2 Å². The van der Waals surface area contributed by atoms with Crippen molar-refractivity contribution in [2.45, 2.75) is 52.4 Å². The van der Waals surface area contributed by atoms with Crippen molar-refractivity contribution in [1.29, 1.82) is 0 Å². The largest absolute Gasteiger partial charge is 0.416 e. The monoisotopic (exact) mass is 439 g/mol. The average molecular weight is 440 g/mol. The van der Waals surface area contributed by atoms with Gasteiger partial charge in [-0.15, -0.1) is 11.3 Å². The molecule has 1 atom stereocenters. The molecule has 2 heterocycles. The summed E-state index contributed by atoms with van der Waals surface area (Å²) in [5, 5.41) is 6.13. The fourth-order valence-corrected chi connectivity index (χ4v) is 4.48. The van der Waals surface area contributed by atoms with Gasteiger partial charge in [0.1, 0.15) is 0 Å². The maximum Gasteiger partial charge on any atom is 0.416 e. The summed E-state index contributed by atoms with van der Waals surface area (Å²) < 4.78 is 39.3. The molecule has 3 rings (SSSR count). The molecule has 0 saturated carbocycles. The van der Waals surface area contributed by atoms with Crippen LogP contribution in [0.4, 0.5) is 13.2 Å². The lowest BCUT2D eigenvalue weighted by Gasteiger charge is -2.32. The molecule has 1 aromatic heterocycles. The van der Waals surface area contributed by atoms with Gasteiger partial charge in [-0.25, -0.2) is 4.98 Å². The van der Waals surface area contributed by atoms with Gasteiger partial charge in [-0.05, 0) is 56.5 Å². The Morgan fingerprint density at radius 3 is 2.57 bits per heavy atom. The number of carbonyl (C=O) groups is 1. The minimum atomic E-state index is -4.40. The minimum Gasteiger partial charge on any atom is -0.349 e. The minimum absolute atomic E-state index is 0.0228. The van der Waals surface area contributed by atoms with Crippen molar-refractivity contribution >= 4 is 17.2 Å². The molecule has 1 saturated heterocycles. The Kier molecular flexibility index (Phi) is 7.18. The van der Waals surface area contributed by atoms with E-state index >= 15 is 0 Å². The number of hydrogen-bond donors (Lipinski definition) is 1. The molecule has 1 amide bonds. The Balaban J connectivity index is 1.60. The molecule has 1 N–H and O–H groups in total. The number of nitrogens with zero attached hydrogens (tertiary/aromatic N) is 2. The third-order valence-electron chi connectivity index (χ3n) is 5.55. The summed E-state index contributed by atoms with van der Waals surface area (Å²) in [6, 6.07) is 4.80. The van der Waals surface area contributed by atoms with Gasteiger partial charge in [0, 0.05) is 17.8 Å². The first-order chi connectivity index (χ1) is 14.1. The zero-order valence-electron chi connectivity index (χ0n) is 17.5. The van der Waals surface area contributed by atoms with Gasteiger partial charge < -0.3 is 5.32 Å². The second kappa shape index (κ2) is 9.47. The number of amides is 1. The molecule has 0 bridgehead atoms. The molecule has 0 spiro atoms. The van der Waals surface area contributed by atoms with Crippen LogP contribution in [0.15, 0.2) is 29.6 Å². The highest BCUT2D eigenvalue weighted by atomic mass is 32.1. The first-order valence-electron chi connectivity index (χ1n) is 10.2. The summed E-state index contributed by atoms with van der Waals surface area (Å²) in [6.07, 6.45) is -2.92. The van der Waals surface area contributed by atoms with E-state index in [0.717, 1.165) is 55.3 Å². The number of piperidine rings is 1. The van der Waals surface area contributed by atoms with E-state index in [-0.39, 0.29) is 17.7 Å². The van der Waals surface area contributed by atoms with Gasteiger partial charge in [0.25, 0.3) is 0 Å². The maximum absolute atomic E-state index is 13.1. The Morgan fingerprint density at radius 1 is 1.30 bits per heavy atom. The Bertz CT molecular complexity index is 857. The van der Waals surface area contributed by atoms with Gasteiger partial charge in [0.2, 0.25) is 5.91 Å². The molecule has 4 nitrogen and oxygen atoms in total. The first kappa shape index (κ1) is 22.7. The Morgan fingerprint density at radius 2 is 2.00 bits per heavy atom. The van der Waals surface area contributed by atoms with E-state index in [4.69, 9.17) is 0 Å². The summed E-state index contributed by atoms with van der Waals surface area (Å²) in [4.78, 5) is 19.7. The van der Waals surface area contributed by atoms with Gasteiger partial charge in [-0.2, -0.15) is 13.2 Å². The lowest BCUT2D eigenvalue weighted by Crippen LogP contribution is -2.42. The standard InChI is InChI=1S/C22H28F3N3OS/c1-14(2)20(17-5-4-6-18(11-17)22(23,24)25)27-21(29)16-7-9-28(10-8-16)12-19-13-30-15(3)26-19/h4-6,11,13-14,16,20H,7-10,12H2,1-3H3,(H,27,29). The van der Waals surface area contributed by atoms with Crippen molar-refractivity contribution in [2.24, 2.45) is 11.8 Å². The molecule has 1 unspecified atom stereocenters. The van der Waals surface area contributed by atoms with Crippen molar-refractivity contribution in [3.8, 4) is 0 Å². The van der Waals surface area contributed by atoms with E-state index in [1.165, 1.54) is 6.07 Å². The normalized spacial score (nSPS) is 17.3. The molecule has 1 aliphatic heterocycles. The average Bonchev–Trinajstić information content (AvgIpc) is 3.10. The Labute approximate surface area is 179 Å². The third kappa shape index (κ3) is 5.82. The molecular weight excluding hydrogens is 411 g/mol. The highest BCUT2D eigenvalue weighted by Crippen LogP contribution is 2.32. The van der Waals surface area contributed by atoms with Crippen LogP contribution in [0.25, 0.3) is 0 Å². The smallest absolute Gasteiger partial charge is 0.349 e. The fraction of sp³-hybridized carbons (Fsp3) is 0.545. The Hall–Kier alpha value is -1.93. The van der Waals surface area contributed by atoms with Crippen molar-refractivity contribution in [3.63, 3.8) is 0 Å². The van der Waals surface area contributed by atoms with E-state index < -0.39 is 17.8 Å². The number of hydrogen-bond acceptors (Lipinski definition) is 4. The number of likely N-dealkylation sites (tertiary alicyclic amines) is 1. The van der Waals surface area contributed by atoms with E-state index in [0.29, 0.717) is 5.56 Å². The van der Waals surface area contributed by atoms with Crippen molar-refractivity contribution in [2.75, 3.05) is 13.1 Å².